The van der Waals surface area contributed by atoms with Crippen molar-refractivity contribution >= 4 is 34.5 Å². The van der Waals surface area contributed by atoms with Gasteiger partial charge in [-0.25, -0.2) is 4.98 Å². The normalized spacial score (nSPS) is 10.1. The van der Waals surface area contributed by atoms with Crippen LogP contribution in [0.15, 0.2) is 29.6 Å². The number of aromatic nitrogens is 1. The lowest BCUT2D eigenvalue weighted by molar-refractivity contribution is -0.116. The van der Waals surface area contributed by atoms with Crippen LogP contribution in [-0.4, -0.2) is 16.8 Å². The lowest BCUT2D eigenvalue weighted by Gasteiger charge is -2.06. The standard InChI is InChI=1S/C14H15N3O2S/c1-9(18)15-11-3-5-12(6-4-11)17-14(19)7-13-8-20-10(2)16-13/h3-6,8H,7H2,1-2H3,(H,15,18)(H,17,19). The van der Waals surface area contributed by atoms with Gasteiger partial charge in [0.15, 0.2) is 0 Å². The molecule has 0 spiro atoms. The summed E-state index contributed by atoms with van der Waals surface area (Å²) in [5.41, 5.74) is 2.17. The largest absolute Gasteiger partial charge is 0.326 e. The number of nitrogens with one attached hydrogen (secondary N) is 2. The predicted octanol–water partition coefficient (Wildman–Crippen LogP) is 2.59. The molecule has 2 rings (SSSR count). The summed E-state index contributed by atoms with van der Waals surface area (Å²) in [6.45, 7) is 3.36. The highest BCUT2D eigenvalue weighted by Gasteiger charge is 2.07. The van der Waals surface area contributed by atoms with E-state index in [0.717, 1.165) is 10.7 Å². The predicted molar refractivity (Wildman–Crippen MR) is 79.9 cm³/mol. The first-order chi connectivity index (χ1) is 9.52. The molecule has 0 bridgehead atoms. The van der Waals surface area contributed by atoms with Gasteiger partial charge in [-0.15, -0.1) is 11.3 Å². The van der Waals surface area contributed by atoms with Gasteiger partial charge in [-0.05, 0) is 31.2 Å². The van der Waals surface area contributed by atoms with Crippen LogP contribution in [0.25, 0.3) is 0 Å². The number of nitrogens with zero attached hydrogens (tertiary/aromatic N) is 1. The van der Waals surface area contributed by atoms with E-state index in [9.17, 15) is 9.59 Å². The molecule has 104 valence electrons. The van der Waals surface area contributed by atoms with E-state index in [0.29, 0.717) is 11.4 Å². The zero-order valence-electron chi connectivity index (χ0n) is 11.3. The Morgan fingerprint density at radius 1 is 1.15 bits per heavy atom. The quantitative estimate of drug-likeness (QED) is 0.908. The number of hydrogen-bond donors (Lipinski definition) is 2. The van der Waals surface area contributed by atoms with E-state index in [1.807, 2.05) is 12.3 Å². The van der Waals surface area contributed by atoms with Crippen molar-refractivity contribution < 1.29 is 9.59 Å². The van der Waals surface area contributed by atoms with Crippen LogP contribution in [0.5, 0.6) is 0 Å². The minimum Gasteiger partial charge on any atom is -0.326 e. The van der Waals surface area contributed by atoms with Crippen LogP contribution in [0.1, 0.15) is 17.6 Å². The Balaban J connectivity index is 1.92. The van der Waals surface area contributed by atoms with Gasteiger partial charge < -0.3 is 10.6 Å². The SMILES string of the molecule is CC(=O)Nc1ccc(NC(=O)Cc2csc(C)n2)cc1. The molecule has 2 N–H and O–H groups in total. The summed E-state index contributed by atoms with van der Waals surface area (Å²) in [6, 6.07) is 6.97. The van der Waals surface area contributed by atoms with Gasteiger partial charge in [0.25, 0.3) is 0 Å². The molecule has 0 saturated heterocycles. The number of hydrogen-bond acceptors (Lipinski definition) is 4. The van der Waals surface area contributed by atoms with E-state index in [4.69, 9.17) is 0 Å². The first kappa shape index (κ1) is 14.2. The summed E-state index contributed by atoms with van der Waals surface area (Å²) in [4.78, 5) is 27.0. The molecule has 0 atom stereocenters. The number of aryl methyl sites for hydroxylation is 1. The molecule has 0 aliphatic carbocycles. The Morgan fingerprint density at radius 3 is 2.25 bits per heavy atom. The molecular formula is C14H15N3O2S. The molecule has 1 aromatic carbocycles. The second-order valence-electron chi connectivity index (χ2n) is 4.34. The molecule has 5 nitrogen and oxygen atoms in total. The smallest absolute Gasteiger partial charge is 0.230 e. The number of anilines is 2. The van der Waals surface area contributed by atoms with Gasteiger partial charge in [0.2, 0.25) is 11.8 Å². The van der Waals surface area contributed by atoms with Gasteiger partial charge in [0, 0.05) is 23.7 Å². The van der Waals surface area contributed by atoms with Crippen molar-refractivity contribution in [2.24, 2.45) is 0 Å². The Hall–Kier alpha value is -2.21. The molecule has 0 fully saturated rings. The number of thiazole rings is 1. The molecular weight excluding hydrogens is 274 g/mol. The molecule has 20 heavy (non-hydrogen) atoms. The van der Waals surface area contributed by atoms with Gasteiger partial charge in [0.05, 0.1) is 17.1 Å². The van der Waals surface area contributed by atoms with Crippen LogP contribution >= 0.6 is 11.3 Å². The maximum absolute atomic E-state index is 11.8. The van der Waals surface area contributed by atoms with Crippen molar-refractivity contribution in [2.45, 2.75) is 20.3 Å². The average Bonchev–Trinajstić information content (AvgIpc) is 2.76. The van der Waals surface area contributed by atoms with E-state index in [-0.39, 0.29) is 18.2 Å². The van der Waals surface area contributed by atoms with Crippen molar-refractivity contribution in [1.29, 1.82) is 0 Å². The molecule has 2 aromatic rings. The lowest BCUT2D eigenvalue weighted by atomic mass is 10.2. The highest BCUT2D eigenvalue weighted by molar-refractivity contribution is 7.09. The second kappa shape index (κ2) is 6.29. The van der Waals surface area contributed by atoms with Crippen LogP contribution in [0.3, 0.4) is 0 Å². The van der Waals surface area contributed by atoms with E-state index in [1.165, 1.54) is 18.3 Å². The van der Waals surface area contributed by atoms with Gasteiger partial charge in [-0.3, -0.25) is 9.59 Å². The second-order valence-corrected chi connectivity index (χ2v) is 5.40. The van der Waals surface area contributed by atoms with Gasteiger partial charge >= 0.3 is 0 Å². The summed E-state index contributed by atoms with van der Waals surface area (Å²) in [7, 11) is 0. The molecule has 1 heterocycles. The highest BCUT2D eigenvalue weighted by Crippen LogP contribution is 2.14. The minimum absolute atomic E-state index is 0.109. The summed E-state index contributed by atoms with van der Waals surface area (Å²) in [5, 5.41) is 8.30. The van der Waals surface area contributed by atoms with Gasteiger partial charge in [-0.1, -0.05) is 0 Å². The van der Waals surface area contributed by atoms with Crippen molar-refractivity contribution in [1.82, 2.24) is 4.98 Å². The van der Waals surface area contributed by atoms with Crippen molar-refractivity contribution in [3.63, 3.8) is 0 Å². The Bertz CT molecular complexity index is 620. The average molecular weight is 289 g/mol. The molecule has 0 saturated carbocycles. The summed E-state index contributed by atoms with van der Waals surface area (Å²) in [5.74, 6) is -0.233. The molecule has 0 radical (unpaired) electrons. The van der Waals surface area contributed by atoms with Crippen molar-refractivity contribution in [2.75, 3.05) is 10.6 Å². The number of carbonyl (C=O) groups excluding carboxylic acids is 2. The van der Waals surface area contributed by atoms with Crippen LogP contribution in [-0.2, 0) is 16.0 Å². The van der Waals surface area contributed by atoms with Crippen molar-refractivity contribution in [3.8, 4) is 0 Å². The topological polar surface area (TPSA) is 71.1 Å². The van der Waals surface area contributed by atoms with Crippen LogP contribution in [0.2, 0.25) is 0 Å². The summed E-state index contributed by atoms with van der Waals surface area (Å²) in [6.07, 6.45) is 0.262. The van der Waals surface area contributed by atoms with E-state index in [1.54, 1.807) is 24.3 Å². The fourth-order valence-electron chi connectivity index (χ4n) is 1.70. The number of rotatable bonds is 4. The highest BCUT2D eigenvalue weighted by atomic mass is 32.1. The Labute approximate surface area is 121 Å². The molecule has 0 unspecified atom stereocenters. The third kappa shape index (κ3) is 4.17. The first-order valence-corrected chi connectivity index (χ1v) is 6.99. The summed E-state index contributed by atoms with van der Waals surface area (Å²) >= 11 is 1.53. The summed E-state index contributed by atoms with van der Waals surface area (Å²) < 4.78 is 0. The molecule has 0 aliphatic rings. The minimum atomic E-state index is -0.124. The fourth-order valence-corrected chi connectivity index (χ4v) is 2.31. The zero-order valence-corrected chi connectivity index (χ0v) is 12.1. The lowest BCUT2D eigenvalue weighted by Crippen LogP contribution is -2.14. The molecule has 2 amide bonds. The van der Waals surface area contributed by atoms with E-state index >= 15 is 0 Å². The Kier molecular flexibility index (Phi) is 4.47. The molecule has 6 heteroatoms. The number of amides is 2. The number of carbonyl (C=O) groups is 2. The maximum atomic E-state index is 11.8. The Morgan fingerprint density at radius 2 is 1.75 bits per heavy atom. The number of benzene rings is 1. The zero-order chi connectivity index (χ0) is 14.5. The third-order valence-corrected chi connectivity index (χ3v) is 3.32. The first-order valence-electron chi connectivity index (χ1n) is 6.11. The maximum Gasteiger partial charge on any atom is 0.230 e. The van der Waals surface area contributed by atoms with Crippen LogP contribution in [0.4, 0.5) is 11.4 Å². The third-order valence-electron chi connectivity index (χ3n) is 2.50. The fraction of sp³-hybridized carbons (Fsp3) is 0.214. The van der Waals surface area contributed by atoms with E-state index in [2.05, 4.69) is 15.6 Å². The molecule has 0 aliphatic heterocycles. The van der Waals surface area contributed by atoms with Gasteiger partial charge in [-0.2, -0.15) is 0 Å². The van der Waals surface area contributed by atoms with E-state index < -0.39 is 0 Å². The van der Waals surface area contributed by atoms with Gasteiger partial charge in [0.1, 0.15) is 0 Å². The van der Waals surface area contributed by atoms with Crippen LogP contribution < -0.4 is 10.6 Å². The van der Waals surface area contributed by atoms with Crippen molar-refractivity contribution in [3.05, 3.63) is 40.3 Å². The van der Waals surface area contributed by atoms with Crippen LogP contribution in [0, 0.1) is 6.92 Å². The monoisotopic (exact) mass is 289 g/mol. The molecule has 1 aromatic heterocycles.